The van der Waals surface area contributed by atoms with Gasteiger partial charge >= 0.3 is 0 Å². The average molecular weight is 689 g/mol. The van der Waals surface area contributed by atoms with Crippen LogP contribution in [0, 0.1) is 0 Å². The van der Waals surface area contributed by atoms with Crippen molar-refractivity contribution in [3.63, 3.8) is 0 Å². The highest BCUT2D eigenvalue weighted by Gasteiger charge is 2.51. The Morgan fingerprint density at radius 1 is 0.352 bits per heavy atom. The first kappa shape index (κ1) is 30.5. The average Bonchev–Trinajstić information content (AvgIpc) is 3.53. The van der Waals surface area contributed by atoms with Gasteiger partial charge in [-0.25, -0.2) is 9.97 Å². The lowest BCUT2D eigenvalue weighted by molar-refractivity contribution is 0.436. The summed E-state index contributed by atoms with van der Waals surface area (Å²) in [5.41, 5.74) is 13.9. The fraction of sp³-hybridized carbons (Fsp3) is 0.0196. The summed E-state index contributed by atoms with van der Waals surface area (Å²) in [5, 5.41) is 2.46. The summed E-state index contributed by atoms with van der Waals surface area (Å²) in [7, 11) is 0. The molecule has 9 aromatic rings. The SMILES string of the molecule is c1ccc(-c2cc(-c3cccc(-c4cccc5ccccc45)c3)nc(-c3ccc4c(c3)-c3ccccc3C43c4ccccc4Oc4ccccc43)n2)cc1. The van der Waals surface area contributed by atoms with Crippen molar-refractivity contribution in [3.8, 4) is 67.7 Å². The highest BCUT2D eigenvalue weighted by atomic mass is 16.5. The fourth-order valence-electron chi connectivity index (χ4n) is 8.80. The third-order valence-electron chi connectivity index (χ3n) is 11.2. The molecule has 0 saturated heterocycles. The van der Waals surface area contributed by atoms with Crippen LogP contribution < -0.4 is 4.74 Å². The molecule has 2 aliphatic rings. The monoisotopic (exact) mass is 688 g/mol. The van der Waals surface area contributed by atoms with Crippen LogP contribution in [0.3, 0.4) is 0 Å². The van der Waals surface area contributed by atoms with E-state index in [1.807, 2.05) is 6.07 Å². The van der Waals surface area contributed by atoms with Gasteiger partial charge in [0.1, 0.15) is 11.5 Å². The maximum absolute atomic E-state index is 6.54. The Hall–Kier alpha value is -7.10. The highest BCUT2D eigenvalue weighted by molar-refractivity contribution is 5.97. The van der Waals surface area contributed by atoms with E-state index in [4.69, 9.17) is 14.7 Å². The minimum atomic E-state index is -0.518. The summed E-state index contributed by atoms with van der Waals surface area (Å²) < 4.78 is 6.54. The van der Waals surface area contributed by atoms with E-state index in [1.165, 1.54) is 38.6 Å². The lowest BCUT2D eigenvalue weighted by Crippen LogP contribution is -2.32. The van der Waals surface area contributed by atoms with Crippen LogP contribution in [-0.2, 0) is 5.41 Å². The van der Waals surface area contributed by atoms with Gasteiger partial charge in [0, 0.05) is 27.8 Å². The lowest BCUT2D eigenvalue weighted by Gasteiger charge is -2.39. The molecule has 0 radical (unpaired) electrons. The molecule has 2 heterocycles. The molecule has 3 heteroatoms. The second-order valence-corrected chi connectivity index (χ2v) is 14.1. The number of nitrogens with zero attached hydrogens (tertiary/aromatic N) is 2. The van der Waals surface area contributed by atoms with Crippen molar-refractivity contribution in [2.75, 3.05) is 0 Å². The number of fused-ring (bicyclic) bond motifs is 10. The second kappa shape index (κ2) is 12.0. The molecule has 1 aromatic heterocycles. The van der Waals surface area contributed by atoms with Gasteiger partial charge in [-0.1, -0.05) is 164 Å². The first-order chi connectivity index (χ1) is 26.8. The van der Waals surface area contributed by atoms with Crippen molar-refractivity contribution in [1.82, 2.24) is 9.97 Å². The van der Waals surface area contributed by atoms with E-state index in [0.717, 1.165) is 56.3 Å². The molecule has 54 heavy (non-hydrogen) atoms. The summed E-state index contributed by atoms with van der Waals surface area (Å²) in [6.07, 6.45) is 0. The van der Waals surface area contributed by atoms with Gasteiger partial charge in [0.05, 0.1) is 16.8 Å². The molecule has 0 fully saturated rings. The Kier molecular flexibility index (Phi) is 6.77. The maximum atomic E-state index is 6.54. The largest absolute Gasteiger partial charge is 0.457 e. The number of ether oxygens (including phenoxy) is 1. The Labute approximate surface area is 313 Å². The highest BCUT2D eigenvalue weighted by Crippen LogP contribution is 2.62. The fourth-order valence-corrected chi connectivity index (χ4v) is 8.80. The van der Waals surface area contributed by atoms with E-state index in [-0.39, 0.29) is 0 Å². The van der Waals surface area contributed by atoms with Gasteiger partial charge in [-0.2, -0.15) is 0 Å². The molecule has 0 N–H and O–H groups in total. The number of benzene rings is 8. The molecule has 1 aliphatic carbocycles. The maximum Gasteiger partial charge on any atom is 0.160 e. The summed E-state index contributed by atoms with van der Waals surface area (Å²) in [5.74, 6) is 2.46. The smallest absolute Gasteiger partial charge is 0.160 e. The van der Waals surface area contributed by atoms with Crippen LogP contribution in [0.1, 0.15) is 22.3 Å². The molecule has 1 spiro atoms. The van der Waals surface area contributed by atoms with Crippen molar-refractivity contribution < 1.29 is 4.74 Å². The van der Waals surface area contributed by atoms with E-state index in [1.54, 1.807) is 0 Å². The Morgan fingerprint density at radius 3 is 1.74 bits per heavy atom. The van der Waals surface area contributed by atoms with Crippen molar-refractivity contribution in [3.05, 3.63) is 216 Å². The third-order valence-corrected chi connectivity index (χ3v) is 11.2. The van der Waals surface area contributed by atoms with Crippen molar-refractivity contribution >= 4 is 10.8 Å². The van der Waals surface area contributed by atoms with Crippen LogP contribution in [0.25, 0.3) is 66.9 Å². The molecule has 0 bridgehead atoms. The van der Waals surface area contributed by atoms with E-state index >= 15 is 0 Å². The van der Waals surface area contributed by atoms with Crippen molar-refractivity contribution in [1.29, 1.82) is 0 Å². The standard InChI is InChI=1S/C51H32N2O/c1-2-15-34(16-3-1)46-32-47(36-19-12-18-35(30-36)39-22-13-17-33-14-4-5-20-38(33)39)53-50(52-46)37-28-29-43-41(31-37)40-21-6-7-23-42(40)51(43)44-24-8-10-26-48(44)54-49-27-11-9-25-45(49)51/h1-32H. The first-order valence-corrected chi connectivity index (χ1v) is 18.4. The molecule has 0 amide bonds. The van der Waals surface area contributed by atoms with Crippen molar-refractivity contribution in [2.24, 2.45) is 0 Å². The zero-order chi connectivity index (χ0) is 35.6. The molecule has 252 valence electrons. The van der Waals surface area contributed by atoms with Crippen LogP contribution in [0.4, 0.5) is 0 Å². The van der Waals surface area contributed by atoms with Gasteiger partial charge < -0.3 is 4.74 Å². The minimum absolute atomic E-state index is 0.518. The quantitative estimate of drug-likeness (QED) is 0.185. The summed E-state index contributed by atoms with van der Waals surface area (Å²) >= 11 is 0. The molecule has 0 unspecified atom stereocenters. The van der Waals surface area contributed by atoms with Gasteiger partial charge in [-0.15, -0.1) is 0 Å². The van der Waals surface area contributed by atoms with Crippen LogP contribution in [0.15, 0.2) is 194 Å². The Balaban J connectivity index is 1.11. The molecule has 8 aromatic carbocycles. The normalized spacial score (nSPS) is 13.1. The summed E-state index contributed by atoms with van der Waals surface area (Å²) in [4.78, 5) is 10.6. The zero-order valence-electron chi connectivity index (χ0n) is 29.3. The van der Waals surface area contributed by atoms with Crippen LogP contribution in [-0.4, -0.2) is 9.97 Å². The lowest BCUT2D eigenvalue weighted by atomic mass is 9.66. The van der Waals surface area contributed by atoms with E-state index in [9.17, 15) is 0 Å². The van der Waals surface area contributed by atoms with E-state index in [2.05, 4.69) is 188 Å². The first-order valence-electron chi connectivity index (χ1n) is 18.4. The van der Waals surface area contributed by atoms with Gasteiger partial charge in [0.25, 0.3) is 0 Å². The zero-order valence-corrected chi connectivity index (χ0v) is 29.3. The number of aromatic nitrogens is 2. The van der Waals surface area contributed by atoms with Crippen LogP contribution in [0.5, 0.6) is 11.5 Å². The third kappa shape index (κ3) is 4.55. The molecular weight excluding hydrogens is 657 g/mol. The van der Waals surface area contributed by atoms with Crippen LogP contribution >= 0.6 is 0 Å². The number of hydrogen-bond acceptors (Lipinski definition) is 3. The van der Waals surface area contributed by atoms with Crippen LogP contribution in [0.2, 0.25) is 0 Å². The second-order valence-electron chi connectivity index (χ2n) is 14.1. The Morgan fingerprint density at radius 2 is 0.926 bits per heavy atom. The topological polar surface area (TPSA) is 35.0 Å². The van der Waals surface area contributed by atoms with E-state index < -0.39 is 5.41 Å². The predicted molar refractivity (Wildman–Crippen MR) is 219 cm³/mol. The van der Waals surface area contributed by atoms with Gasteiger partial charge in [-0.05, 0) is 74.5 Å². The predicted octanol–water partition coefficient (Wildman–Crippen LogP) is 12.8. The number of para-hydroxylation sites is 2. The van der Waals surface area contributed by atoms with Gasteiger partial charge in [0.15, 0.2) is 5.82 Å². The van der Waals surface area contributed by atoms with E-state index in [0.29, 0.717) is 5.82 Å². The molecule has 0 atom stereocenters. The van der Waals surface area contributed by atoms with Gasteiger partial charge in [-0.3, -0.25) is 0 Å². The molecule has 3 nitrogen and oxygen atoms in total. The summed E-state index contributed by atoms with van der Waals surface area (Å²) in [6, 6.07) is 68.9. The summed E-state index contributed by atoms with van der Waals surface area (Å²) in [6.45, 7) is 0. The molecular formula is C51H32N2O. The molecule has 1 aliphatic heterocycles. The molecule has 0 saturated carbocycles. The Bertz CT molecular complexity index is 2880. The van der Waals surface area contributed by atoms with Gasteiger partial charge in [0.2, 0.25) is 0 Å². The molecule has 11 rings (SSSR count). The number of hydrogen-bond donors (Lipinski definition) is 0. The minimum Gasteiger partial charge on any atom is -0.457 e. The number of rotatable bonds is 4. The van der Waals surface area contributed by atoms with Crippen molar-refractivity contribution in [2.45, 2.75) is 5.41 Å².